The van der Waals surface area contributed by atoms with Crippen molar-refractivity contribution in [2.24, 2.45) is 0 Å². The van der Waals surface area contributed by atoms with Crippen LogP contribution in [-0.4, -0.2) is 33.1 Å². The fourth-order valence-corrected chi connectivity index (χ4v) is 3.60. The van der Waals surface area contributed by atoms with E-state index < -0.39 is 0 Å². The fraction of sp³-hybridized carbons (Fsp3) is 0.455. The normalized spacial score (nSPS) is 11.6. The molecule has 0 fully saturated rings. The number of fused-ring (bicyclic) bond motifs is 2. The number of rotatable bonds is 7. The van der Waals surface area contributed by atoms with Crippen molar-refractivity contribution in [3.63, 3.8) is 0 Å². The minimum absolute atomic E-state index is 0.0371. The molecule has 0 aliphatic heterocycles. The van der Waals surface area contributed by atoms with Gasteiger partial charge in [-0.1, -0.05) is 0 Å². The second-order valence-corrected chi connectivity index (χ2v) is 7.83. The van der Waals surface area contributed by atoms with E-state index in [1.807, 2.05) is 26.8 Å². The summed E-state index contributed by atoms with van der Waals surface area (Å²) in [7, 11) is 4.17. The van der Waals surface area contributed by atoms with Crippen molar-refractivity contribution in [3.8, 4) is 0 Å². The van der Waals surface area contributed by atoms with Crippen LogP contribution in [0.4, 0.5) is 0 Å². The molecule has 0 radical (unpaired) electrons. The molecule has 0 aliphatic rings. The maximum Gasteiger partial charge on any atom is 0.339 e. The molecule has 0 saturated heterocycles. The zero-order valence-electron chi connectivity index (χ0n) is 17.3. The highest BCUT2D eigenvalue weighted by molar-refractivity contribution is 5.99. The van der Waals surface area contributed by atoms with E-state index in [0.717, 1.165) is 46.0 Å². The van der Waals surface area contributed by atoms with Gasteiger partial charge in [0.05, 0.1) is 26.9 Å². The van der Waals surface area contributed by atoms with E-state index in [9.17, 15) is 9.59 Å². The molecule has 1 aromatic carbocycles. The summed E-state index contributed by atoms with van der Waals surface area (Å²) in [5, 5.41) is 4.85. The van der Waals surface area contributed by atoms with Gasteiger partial charge in [0.1, 0.15) is 11.2 Å². The molecule has 0 aliphatic carbocycles. The minimum Gasteiger partial charge on any atom is -0.464 e. The summed E-state index contributed by atoms with van der Waals surface area (Å²) < 4.78 is 11.3. The lowest BCUT2D eigenvalue weighted by Crippen LogP contribution is -3.05. The van der Waals surface area contributed by atoms with Crippen LogP contribution in [0.2, 0.25) is 0 Å². The molecule has 2 heterocycles. The Morgan fingerprint density at radius 3 is 2.57 bits per heavy atom. The van der Waals surface area contributed by atoms with Crippen LogP contribution in [0, 0.1) is 20.8 Å². The van der Waals surface area contributed by atoms with Gasteiger partial charge in [0.15, 0.2) is 0 Å². The van der Waals surface area contributed by atoms with Crippen LogP contribution < -0.4 is 15.8 Å². The number of benzene rings is 1. The number of quaternary nitrogens is 1. The molecule has 0 spiro atoms. The molecule has 6 heteroatoms. The maximum absolute atomic E-state index is 12.6. The minimum atomic E-state index is -0.375. The van der Waals surface area contributed by atoms with Gasteiger partial charge in [-0.2, -0.15) is 0 Å². The highest BCUT2D eigenvalue weighted by Gasteiger charge is 2.18. The third kappa shape index (κ3) is 3.97. The molecular formula is C22H29N2O4+. The second-order valence-electron chi connectivity index (χ2n) is 7.83. The molecule has 0 unspecified atom stereocenters. The van der Waals surface area contributed by atoms with Gasteiger partial charge in [0, 0.05) is 41.3 Å². The van der Waals surface area contributed by atoms with Crippen LogP contribution in [0.15, 0.2) is 26.0 Å². The van der Waals surface area contributed by atoms with Crippen LogP contribution in [0.3, 0.4) is 0 Å². The molecule has 3 aromatic rings. The molecule has 0 saturated carbocycles. The number of hydrogen-bond donors (Lipinski definition) is 2. The van der Waals surface area contributed by atoms with Gasteiger partial charge in [0.2, 0.25) is 5.91 Å². The Balaban J connectivity index is 1.82. The molecule has 0 bridgehead atoms. The van der Waals surface area contributed by atoms with E-state index in [-0.39, 0.29) is 18.0 Å². The predicted octanol–water partition coefficient (Wildman–Crippen LogP) is 2.05. The fourth-order valence-electron chi connectivity index (χ4n) is 3.60. The third-order valence-corrected chi connectivity index (χ3v) is 5.31. The van der Waals surface area contributed by atoms with Gasteiger partial charge >= 0.3 is 5.63 Å². The Morgan fingerprint density at radius 2 is 1.86 bits per heavy atom. The van der Waals surface area contributed by atoms with Crippen molar-refractivity contribution in [2.75, 3.05) is 27.2 Å². The van der Waals surface area contributed by atoms with Crippen molar-refractivity contribution >= 4 is 27.8 Å². The summed E-state index contributed by atoms with van der Waals surface area (Å²) in [6.45, 7) is 7.49. The molecule has 3 rings (SSSR count). The summed E-state index contributed by atoms with van der Waals surface area (Å²) in [4.78, 5) is 26.0. The summed E-state index contributed by atoms with van der Waals surface area (Å²) in [6, 6.07) is 2.02. The Morgan fingerprint density at radius 1 is 1.11 bits per heavy atom. The quantitative estimate of drug-likeness (QED) is 0.482. The maximum atomic E-state index is 12.6. The van der Waals surface area contributed by atoms with E-state index in [0.29, 0.717) is 24.1 Å². The average Bonchev–Trinajstić information content (AvgIpc) is 3.01. The Bertz CT molecular complexity index is 1080. The van der Waals surface area contributed by atoms with Gasteiger partial charge in [0.25, 0.3) is 0 Å². The lowest BCUT2D eigenvalue weighted by atomic mass is 9.98. The Hall–Kier alpha value is -2.60. The molecule has 6 nitrogen and oxygen atoms in total. The largest absolute Gasteiger partial charge is 0.464 e. The summed E-state index contributed by atoms with van der Waals surface area (Å²) in [6.07, 6.45) is 3.30. The third-order valence-electron chi connectivity index (χ3n) is 5.31. The monoisotopic (exact) mass is 385 g/mol. The van der Waals surface area contributed by atoms with Crippen molar-refractivity contribution < 1.29 is 18.5 Å². The average molecular weight is 385 g/mol. The number of hydrogen-bond acceptors (Lipinski definition) is 4. The van der Waals surface area contributed by atoms with Gasteiger partial charge in [-0.3, -0.25) is 4.79 Å². The zero-order valence-corrected chi connectivity index (χ0v) is 17.3. The number of carbonyl (C=O) groups excluding carboxylic acids is 1. The number of carbonyl (C=O) groups is 1. The van der Waals surface area contributed by atoms with Crippen molar-refractivity contribution in [3.05, 3.63) is 45.0 Å². The van der Waals surface area contributed by atoms with Crippen molar-refractivity contribution in [2.45, 2.75) is 40.0 Å². The number of amides is 1. The van der Waals surface area contributed by atoms with Gasteiger partial charge in [-0.15, -0.1) is 0 Å². The van der Waals surface area contributed by atoms with E-state index >= 15 is 0 Å². The van der Waals surface area contributed by atoms with E-state index in [2.05, 4.69) is 19.4 Å². The van der Waals surface area contributed by atoms with Gasteiger partial charge < -0.3 is 19.1 Å². The molecule has 0 atom stereocenters. The first-order valence-electron chi connectivity index (χ1n) is 9.79. The molecule has 2 N–H and O–H groups in total. The van der Waals surface area contributed by atoms with Crippen LogP contribution in [0.5, 0.6) is 0 Å². The molecule has 2 aromatic heterocycles. The summed E-state index contributed by atoms with van der Waals surface area (Å²) >= 11 is 0. The first kappa shape index (κ1) is 20.1. The number of furan rings is 1. The van der Waals surface area contributed by atoms with Crippen LogP contribution in [0.25, 0.3) is 21.9 Å². The topological polar surface area (TPSA) is 76.9 Å². The van der Waals surface area contributed by atoms with Crippen LogP contribution in [0.1, 0.15) is 35.1 Å². The van der Waals surface area contributed by atoms with Crippen LogP contribution in [-0.2, 0) is 11.2 Å². The molecule has 150 valence electrons. The summed E-state index contributed by atoms with van der Waals surface area (Å²) in [5.41, 5.74) is 4.25. The van der Waals surface area contributed by atoms with Gasteiger partial charge in [-0.25, -0.2) is 4.79 Å². The summed E-state index contributed by atoms with van der Waals surface area (Å²) in [5.74, 6) is -0.0371. The lowest BCUT2D eigenvalue weighted by Gasteiger charge is -2.11. The number of aryl methyl sites for hydroxylation is 3. The SMILES string of the molecule is Cc1coc2c(C)c3oc(=O)c(CCC(=O)NCCC[NH+](C)C)c(C)c3cc12. The number of nitrogens with one attached hydrogen (secondary N) is 2. The first-order valence-corrected chi connectivity index (χ1v) is 9.79. The van der Waals surface area contributed by atoms with Crippen molar-refractivity contribution in [1.29, 1.82) is 0 Å². The van der Waals surface area contributed by atoms with Crippen LogP contribution >= 0.6 is 0 Å². The van der Waals surface area contributed by atoms with E-state index in [4.69, 9.17) is 8.83 Å². The highest BCUT2D eigenvalue weighted by atomic mass is 16.4. The Labute approximate surface area is 164 Å². The van der Waals surface area contributed by atoms with E-state index in [1.54, 1.807) is 6.26 Å². The van der Waals surface area contributed by atoms with Crippen molar-refractivity contribution in [1.82, 2.24) is 5.32 Å². The lowest BCUT2D eigenvalue weighted by molar-refractivity contribution is -0.858. The zero-order chi connectivity index (χ0) is 20.4. The molecule has 1 amide bonds. The first-order chi connectivity index (χ1) is 13.3. The highest BCUT2D eigenvalue weighted by Crippen LogP contribution is 2.32. The Kier molecular flexibility index (Phi) is 5.89. The standard InChI is InChI=1S/C22H28N2O4/c1-13-12-27-20-15(3)21-18(11-17(13)20)14(2)16(22(26)28-21)7-8-19(25)23-9-6-10-24(4)5/h11-12H,6-10H2,1-5H3,(H,23,25)/p+1. The van der Waals surface area contributed by atoms with Gasteiger partial charge in [-0.05, 0) is 44.4 Å². The predicted molar refractivity (Wildman–Crippen MR) is 110 cm³/mol. The smallest absolute Gasteiger partial charge is 0.339 e. The molecule has 28 heavy (non-hydrogen) atoms. The molecular weight excluding hydrogens is 356 g/mol. The van der Waals surface area contributed by atoms with E-state index in [1.165, 1.54) is 4.90 Å². The second kappa shape index (κ2) is 8.19.